The van der Waals surface area contributed by atoms with Gasteiger partial charge in [0.1, 0.15) is 10.9 Å². The number of carboxylic acids is 1. The van der Waals surface area contributed by atoms with E-state index in [1.807, 2.05) is 0 Å². The van der Waals surface area contributed by atoms with E-state index in [9.17, 15) is 13.2 Å². The van der Waals surface area contributed by atoms with Crippen molar-refractivity contribution in [3.05, 3.63) is 28.2 Å². The van der Waals surface area contributed by atoms with Crippen molar-refractivity contribution in [3.63, 3.8) is 0 Å². The van der Waals surface area contributed by atoms with Crippen LogP contribution in [0.1, 0.15) is 12.8 Å². The van der Waals surface area contributed by atoms with E-state index < -0.39 is 22.0 Å². The van der Waals surface area contributed by atoms with Gasteiger partial charge in [-0.3, -0.25) is 4.79 Å². The minimum Gasteiger partial charge on any atom is -0.480 e. The molecule has 0 amide bonds. The van der Waals surface area contributed by atoms with Crippen molar-refractivity contribution in [2.24, 2.45) is 0 Å². The first-order valence-corrected chi connectivity index (χ1v) is 7.73. The molecule has 0 spiro atoms. The van der Waals surface area contributed by atoms with E-state index in [1.54, 1.807) is 0 Å². The molecule has 5 nitrogen and oxygen atoms in total. The summed E-state index contributed by atoms with van der Waals surface area (Å²) in [5.74, 6) is -1.15. The predicted molar refractivity (Wildman–Crippen MR) is 71.0 cm³/mol. The summed E-state index contributed by atoms with van der Waals surface area (Å²) in [7, 11) is -3.92. The van der Waals surface area contributed by atoms with Gasteiger partial charge in [-0.1, -0.05) is 23.2 Å². The van der Waals surface area contributed by atoms with Gasteiger partial charge in [0.15, 0.2) is 0 Å². The number of sulfonamides is 1. The third-order valence-corrected chi connectivity index (χ3v) is 5.60. The fourth-order valence-electron chi connectivity index (χ4n) is 2.09. The largest absolute Gasteiger partial charge is 0.480 e. The van der Waals surface area contributed by atoms with Gasteiger partial charge in [0, 0.05) is 11.6 Å². The molecule has 0 radical (unpaired) electrons. The average molecular weight is 324 g/mol. The zero-order valence-corrected chi connectivity index (χ0v) is 12.0. The van der Waals surface area contributed by atoms with Crippen LogP contribution in [0.2, 0.25) is 10.0 Å². The average Bonchev–Trinajstić information content (AvgIpc) is 2.77. The van der Waals surface area contributed by atoms with Gasteiger partial charge in [0.05, 0.1) is 5.02 Å². The minimum atomic E-state index is -3.92. The molecule has 2 rings (SSSR count). The Hall–Kier alpha value is -0.820. The smallest absolute Gasteiger partial charge is 0.322 e. The van der Waals surface area contributed by atoms with Crippen molar-refractivity contribution >= 4 is 39.2 Å². The third kappa shape index (κ3) is 2.72. The predicted octanol–water partition coefficient (Wildman–Crippen LogP) is 2.23. The standard InChI is InChI=1S/C11H11Cl2NO4S/c12-7-3-4-10(8(13)6-7)19(17,18)14-5-1-2-9(14)11(15)16/h3-4,6,9H,1-2,5H2,(H,15,16)/t9-/m0/s1. The van der Waals surface area contributed by atoms with Gasteiger partial charge in [0.2, 0.25) is 10.0 Å². The normalized spacial score (nSPS) is 20.6. The molecular weight excluding hydrogens is 313 g/mol. The van der Waals surface area contributed by atoms with Gasteiger partial charge in [-0.15, -0.1) is 0 Å². The molecule has 1 fully saturated rings. The summed E-state index contributed by atoms with van der Waals surface area (Å²) in [5.41, 5.74) is 0. The molecule has 104 valence electrons. The van der Waals surface area contributed by atoms with Gasteiger partial charge >= 0.3 is 5.97 Å². The molecule has 1 aliphatic rings. The van der Waals surface area contributed by atoms with Gasteiger partial charge in [-0.25, -0.2) is 8.42 Å². The lowest BCUT2D eigenvalue weighted by molar-refractivity contribution is -0.140. The van der Waals surface area contributed by atoms with Crippen LogP contribution >= 0.6 is 23.2 Å². The van der Waals surface area contributed by atoms with Crippen LogP contribution in [0, 0.1) is 0 Å². The first-order chi connectivity index (χ1) is 8.84. The highest BCUT2D eigenvalue weighted by Crippen LogP contribution is 2.31. The quantitative estimate of drug-likeness (QED) is 0.925. The fraction of sp³-hybridized carbons (Fsp3) is 0.364. The lowest BCUT2D eigenvalue weighted by Gasteiger charge is -2.21. The number of rotatable bonds is 3. The molecule has 1 heterocycles. The lowest BCUT2D eigenvalue weighted by atomic mass is 10.2. The second-order valence-electron chi connectivity index (χ2n) is 4.19. The van der Waals surface area contributed by atoms with Crippen molar-refractivity contribution < 1.29 is 18.3 Å². The molecule has 1 aromatic rings. The Bertz CT molecular complexity index is 617. The maximum absolute atomic E-state index is 12.4. The van der Waals surface area contributed by atoms with Crippen LogP contribution in [-0.4, -0.2) is 36.4 Å². The molecule has 0 aliphatic carbocycles. The molecule has 0 unspecified atom stereocenters. The van der Waals surface area contributed by atoms with Crippen LogP contribution in [0.5, 0.6) is 0 Å². The highest BCUT2D eigenvalue weighted by molar-refractivity contribution is 7.89. The van der Waals surface area contributed by atoms with E-state index in [1.165, 1.54) is 18.2 Å². The molecule has 1 N–H and O–H groups in total. The highest BCUT2D eigenvalue weighted by atomic mass is 35.5. The van der Waals surface area contributed by atoms with E-state index in [2.05, 4.69) is 0 Å². The SMILES string of the molecule is O=C(O)[C@@H]1CCCN1S(=O)(=O)c1ccc(Cl)cc1Cl. The summed E-state index contributed by atoms with van der Waals surface area (Å²) in [5, 5.41) is 9.36. The molecular formula is C11H11Cl2NO4S. The molecule has 0 aromatic heterocycles. The molecule has 0 saturated carbocycles. The highest BCUT2D eigenvalue weighted by Gasteiger charge is 2.40. The molecule has 0 bridgehead atoms. The van der Waals surface area contributed by atoms with Crippen molar-refractivity contribution in [2.45, 2.75) is 23.8 Å². The second-order valence-corrected chi connectivity index (χ2v) is 6.89. The molecule has 1 aromatic carbocycles. The maximum Gasteiger partial charge on any atom is 0.322 e. The van der Waals surface area contributed by atoms with Crippen LogP contribution in [0.25, 0.3) is 0 Å². The van der Waals surface area contributed by atoms with Crippen molar-refractivity contribution in [2.75, 3.05) is 6.54 Å². The van der Waals surface area contributed by atoms with Crippen LogP contribution in [0.3, 0.4) is 0 Å². The van der Waals surface area contributed by atoms with Gasteiger partial charge < -0.3 is 5.11 Å². The third-order valence-electron chi connectivity index (χ3n) is 2.97. The summed E-state index contributed by atoms with van der Waals surface area (Å²) in [4.78, 5) is 11.0. The van der Waals surface area contributed by atoms with Crippen molar-refractivity contribution in [1.29, 1.82) is 0 Å². The van der Waals surface area contributed by atoms with Crippen LogP contribution in [-0.2, 0) is 14.8 Å². The zero-order chi connectivity index (χ0) is 14.2. The molecule has 19 heavy (non-hydrogen) atoms. The van der Waals surface area contributed by atoms with Crippen molar-refractivity contribution in [1.82, 2.24) is 4.31 Å². The van der Waals surface area contributed by atoms with E-state index in [4.69, 9.17) is 28.3 Å². The van der Waals surface area contributed by atoms with Gasteiger partial charge in [-0.05, 0) is 31.0 Å². The minimum absolute atomic E-state index is 0.0106. The summed E-state index contributed by atoms with van der Waals surface area (Å²) in [6.07, 6.45) is 0.821. The lowest BCUT2D eigenvalue weighted by Crippen LogP contribution is -2.40. The van der Waals surface area contributed by atoms with Crippen LogP contribution in [0.15, 0.2) is 23.1 Å². The van der Waals surface area contributed by atoms with Gasteiger partial charge in [-0.2, -0.15) is 4.31 Å². The Morgan fingerprint density at radius 1 is 1.37 bits per heavy atom. The summed E-state index contributed by atoms with van der Waals surface area (Å²) in [6.45, 7) is 0.179. The monoisotopic (exact) mass is 323 g/mol. The van der Waals surface area contributed by atoms with E-state index in [0.717, 1.165) is 4.31 Å². The molecule has 1 aliphatic heterocycles. The molecule has 1 atom stereocenters. The Labute approximate surface area is 120 Å². The van der Waals surface area contributed by atoms with E-state index >= 15 is 0 Å². The van der Waals surface area contributed by atoms with Crippen LogP contribution in [0.4, 0.5) is 0 Å². The first kappa shape index (κ1) is 14.6. The number of carbonyl (C=O) groups is 1. The summed E-state index contributed by atoms with van der Waals surface area (Å²) < 4.78 is 25.8. The fourth-order valence-corrected chi connectivity index (χ4v) is 4.48. The number of carboxylic acid groups (broad SMARTS) is 1. The Balaban J connectivity index is 2.45. The number of benzene rings is 1. The number of hydrogen-bond acceptors (Lipinski definition) is 3. The molecule has 1 saturated heterocycles. The second kappa shape index (κ2) is 5.28. The summed E-state index contributed by atoms with van der Waals surface area (Å²) in [6, 6.07) is 2.99. The Morgan fingerprint density at radius 2 is 2.05 bits per heavy atom. The number of halogens is 2. The number of hydrogen-bond donors (Lipinski definition) is 1. The summed E-state index contributed by atoms with van der Waals surface area (Å²) >= 11 is 11.6. The van der Waals surface area contributed by atoms with E-state index in [-0.39, 0.29) is 16.5 Å². The van der Waals surface area contributed by atoms with Gasteiger partial charge in [0.25, 0.3) is 0 Å². The Kier molecular flexibility index (Phi) is 4.06. The number of aliphatic carboxylic acids is 1. The number of nitrogens with zero attached hydrogens (tertiary/aromatic N) is 1. The Morgan fingerprint density at radius 3 is 2.63 bits per heavy atom. The topological polar surface area (TPSA) is 74.7 Å². The van der Waals surface area contributed by atoms with E-state index in [0.29, 0.717) is 17.9 Å². The van der Waals surface area contributed by atoms with Crippen LogP contribution < -0.4 is 0 Å². The maximum atomic E-state index is 12.4. The molecule has 8 heteroatoms. The first-order valence-electron chi connectivity index (χ1n) is 5.54. The van der Waals surface area contributed by atoms with Crippen molar-refractivity contribution in [3.8, 4) is 0 Å². The zero-order valence-electron chi connectivity index (χ0n) is 9.71.